The second-order valence-corrected chi connectivity index (χ2v) is 5.48. The summed E-state index contributed by atoms with van der Waals surface area (Å²) in [6.45, 7) is 6.27. The van der Waals surface area contributed by atoms with Gasteiger partial charge in [-0.1, -0.05) is 18.2 Å². The van der Waals surface area contributed by atoms with E-state index in [-0.39, 0.29) is 5.97 Å². The first-order valence-corrected chi connectivity index (χ1v) is 7.55. The third-order valence-electron chi connectivity index (χ3n) is 3.86. The Bertz CT molecular complexity index is 470. The molecule has 1 atom stereocenters. The van der Waals surface area contributed by atoms with Gasteiger partial charge in [-0.2, -0.15) is 0 Å². The van der Waals surface area contributed by atoms with Gasteiger partial charge in [0, 0.05) is 38.3 Å². The van der Waals surface area contributed by atoms with E-state index in [1.54, 1.807) is 6.92 Å². The number of nitrogens with two attached hydrogens (primary N) is 1. The molecule has 1 heterocycles. The third kappa shape index (κ3) is 4.19. The summed E-state index contributed by atoms with van der Waals surface area (Å²) in [6.07, 6.45) is 0.515. The molecule has 5 nitrogen and oxygen atoms in total. The van der Waals surface area contributed by atoms with Crippen LogP contribution < -0.4 is 10.6 Å². The molecule has 1 aromatic carbocycles. The number of ether oxygens (including phenoxy) is 1. The van der Waals surface area contributed by atoms with Gasteiger partial charge in [-0.25, -0.2) is 0 Å². The first kappa shape index (κ1) is 15.8. The van der Waals surface area contributed by atoms with Crippen LogP contribution in [0.1, 0.15) is 12.5 Å². The summed E-state index contributed by atoms with van der Waals surface area (Å²) in [5.74, 6) is -0.328. The van der Waals surface area contributed by atoms with E-state index in [0.717, 1.165) is 31.7 Å². The largest absolute Gasteiger partial charge is 0.465 e. The van der Waals surface area contributed by atoms with E-state index in [2.05, 4.69) is 22.9 Å². The smallest absolute Gasteiger partial charge is 0.323 e. The van der Waals surface area contributed by atoms with Gasteiger partial charge in [-0.15, -0.1) is 0 Å². The first-order valence-electron chi connectivity index (χ1n) is 7.55. The normalized spacial score (nSPS) is 17.6. The minimum absolute atomic E-state index is 0.328. The maximum atomic E-state index is 11.7. The van der Waals surface area contributed by atoms with Crippen molar-refractivity contribution >= 4 is 11.7 Å². The van der Waals surface area contributed by atoms with E-state index in [9.17, 15) is 4.79 Å². The number of hydrogen-bond donors (Lipinski definition) is 1. The molecule has 1 unspecified atom stereocenters. The van der Waals surface area contributed by atoms with Crippen LogP contribution >= 0.6 is 0 Å². The van der Waals surface area contributed by atoms with Crippen LogP contribution in [0.25, 0.3) is 0 Å². The second-order valence-electron chi connectivity index (χ2n) is 5.48. The highest BCUT2D eigenvalue weighted by Crippen LogP contribution is 2.23. The van der Waals surface area contributed by atoms with E-state index in [0.29, 0.717) is 13.0 Å². The van der Waals surface area contributed by atoms with Crippen LogP contribution in [0.15, 0.2) is 24.3 Å². The Morgan fingerprint density at radius 2 is 1.95 bits per heavy atom. The van der Waals surface area contributed by atoms with Gasteiger partial charge in [0.2, 0.25) is 0 Å². The molecule has 116 valence electrons. The maximum absolute atomic E-state index is 11.7. The van der Waals surface area contributed by atoms with Crippen molar-refractivity contribution in [2.24, 2.45) is 5.73 Å². The number of carbonyl (C=O) groups excluding carboxylic acids is 1. The number of esters is 1. The van der Waals surface area contributed by atoms with Crippen molar-refractivity contribution in [2.45, 2.75) is 19.4 Å². The zero-order valence-electron chi connectivity index (χ0n) is 12.9. The Labute approximate surface area is 126 Å². The van der Waals surface area contributed by atoms with Crippen LogP contribution in [0.4, 0.5) is 5.69 Å². The van der Waals surface area contributed by atoms with E-state index in [1.807, 2.05) is 18.2 Å². The molecule has 1 aromatic rings. The first-order chi connectivity index (χ1) is 10.1. The number of piperazine rings is 1. The lowest BCUT2D eigenvalue weighted by Gasteiger charge is -2.35. The zero-order valence-corrected chi connectivity index (χ0v) is 12.9. The van der Waals surface area contributed by atoms with Crippen LogP contribution in [-0.4, -0.2) is 56.7 Å². The lowest BCUT2D eigenvalue weighted by atomic mass is 10.0. The number of likely N-dealkylation sites (N-methyl/N-ethyl adjacent to an activating group) is 1. The van der Waals surface area contributed by atoms with E-state index < -0.39 is 6.04 Å². The standard InChI is InChI=1S/C16H25N3O2/c1-3-21-16(20)14(17)12-13-6-4-5-7-15(13)19-10-8-18(2)9-11-19/h4-7,14H,3,8-12,17H2,1-2H3. The van der Waals surface area contributed by atoms with Gasteiger partial charge < -0.3 is 20.3 Å². The summed E-state index contributed by atoms with van der Waals surface area (Å²) in [7, 11) is 2.14. The summed E-state index contributed by atoms with van der Waals surface area (Å²) < 4.78 is 4.99. The molecule has 0 amide bonds. The molecular weight excluding hydrogens is 266 g/mol. The fourth-order valence-electron chi connectivity index (χ4n) is 2.61. The van der Waals surface area contributed by atoms with Gasteiger partial charge in [-0.3, -0.25) is 4.79 Å². The van der Waals surface area contributed by atoms with Gasteiger partial charge in [0.05, 0.1) is 6.61 Å². The van der Waals surface area contributed by atoms with Crippen LogP contribution in [-0.2, 0) is 16.0 Å². The van der Waals surface area contributed by atoms with Crippen LogP contribution in [0.3, 0.4) is 0 Å². The van der Waals surface area contributed by atoms with Gasteiger partial charge in [-0.05, 0) is 25.6 Å². The van der Waals surface area contributed by atoms with Crippen molar-refractivity contribution in [2.75, 3.05) is 44.7 Å². The molecule has 1 aliphatic heterocycles. The highest BCUT2D eigenvalue weighted by molar-refractivity contribution is 5.76. The van der Waals surface area contributed by atoms with Crippen molar-refractivity contribution in [3.05, 3.63) is 29.8 Å². The van der Waals surface area contributed by atoms with Gasteiger partial charge >= 0.3 is 5.97 Å². The molecule has 2 rings (SSSR count). The van der Waals surface area contributed by atoms with Crippen molar-refractivity contribution in [1.82, 2.24) is 4.90 Å². The quantitative estimate of drug-likeness (QED) is 0.816. The predicted molar refractivity (Wildman–Crippen MR) is 84.5 cm³/mol. The Morgan fingerprint density at radius 3 is 2.62 bits per heavy atom. The van der Waals surface area contributed by atoms with E-state index in [1.165, 1.54) is 5.69 Å². The number of rotatable bonds is 5. The molecule has 1 fully saturated rings. The minimum Gasteiger partial charge on any atom is -0.465 e. The average Bonchev–Trinajstić information content (AvgIpc) is 2.49. The molecule has 0 aromatic heterocycles. The average molecular weight is 291 g/mol. The monoisotopic (exact) mass is 291 g/mol. The minimum atomic E-state index is -0.599. The molecule has 0 bridgehead atoms. The number of hydrogen-bond acceptors (Lipinski definition) is 5. The number of para-hydroxylation sites is 1. The predicted octanol–water partition coefficient (Wildman–Crippen LogP) is 0.871. The number of anilines is 1. The van der Waals surface area contributed by atoms with Crippen LogP contribution in [0.5, 0.6) is 0 Å². The molecule has 2 N–H and O–H groups in total. The Balaban J connectivity index is 2.08. The van der Waals surface area contributed by atoms with Gasteiger partial charge in [0.1, 0.15) is 6.04 Å². The van der Waals surface area contributed by atoms with Crippen molar-refractivity contribution in [1.29, 1.82) is 0 Å². The summed E-state index contributed by atoms with van der Waals surface area (Å²) in [4.78, 5) is 16.4. The highest BCUT2D eigenvalue weighted by atomic mass is 16.5. The summed E-state index contributed by atoms with van der Waals surface area (Å²) >= 11 is 0. The molecule has 21 heavy (non-hydrogen) atoms. The van der Waals surface area contributed by atoms with Gasteiger partial charge in [0.25, 0.3) is 0 Å². The van der Waals surface area contributed by atoms with Crippen molar-refractivity contribution in [3.8, 4) is 0 Å². The van der Waals surface area contributed by atoms with E-state index in [4.69, 9.17) is 10.5 Å². The lowest BCUT2D eigenvalue weighted by molar-refractivity contribution is -0.144. The molecule has 0 spiro atoms. The summed E-state index contributed by atoms with van der Waals surface area (Å²) in [6, 6.07) is 7.59. The molecule has 0 radical (unpaired) electrons. The van der Waals surface area contributed by atoms with Crippen LogP contribution in [0.2, 0.25) is 0 Å². The summed E-state index contributed by atoms with van der Waals surface area (Å²) in [5, 5.41) is 0. The topological polar surface area (TPSA) is 58.8 Å². The fourth-order valence-corrected chi connectivity index (χ4v) is 2.61. The van der Waals surface area contributed by atoms with Crippen molar-refractivity contribution in [3.63, 3.8) is 0 Å². The SMILES string of the molecule is CCOC(=O)C(N)Cc1ccccc1N1CCN(C)CC1. The molecular formula is C16H25N3O2. The fraction of sp³-hybridized carbons (Fsp3) is 0.562. The van der Waals surface area contributed by atoms with E-state index >= 15 is 0 Å². The maximum Gasteiger partial charge on any atom is 0.323 e. The molecule has 1 saturated heterocycles. The van der Waals surface area contributed by atoms with Crippen LogP contribution in [0, 0.1) is 0 Å². The Hall–Kier alpha value is -1.59. The molecule has 0 saturated carbocycles. The number of carbonyl (C=O) groups is 1. The lowest BCUT2D eigenvalue weighted by Crippen LogP contribution is -2.45. The molecule has 5 heteroatoms. The van der Waals surface area contributed by atoms with Crippen molar-refractivity contribution < 1.29 is 9.53 Å². The molecule has 0 aliphatic carbocycles. The highest BCUT2D eigenvalue weighted by Gasteiger charge is 2.20. The number of benzene rings is 1. The number of nitrogens with zero attached hydrogens (tertiary/aromatic N) is 2. The van der Waals surface area contributed by atoms with Gasteiger partial charge in [0.15, 0.2) is 0 Å². The third-order valence-corrected chi connectivity index (χ3v) is 3.86. The zero-order chi connectivity index (χ0) is 15.2. The summed E-state index contributed by atoms with van der Waals surface area (Å²) in [5.41, 5.74) is 8.25. The Kier molecular flexibility index (Phi) is 5.59. The second kappa shape index (κ2) is 7.43. The molecule has 1 aliphatic rings. The Morgan fingerprint density at radius 1 is 1.29 bits per heavy atom.